The van der Waals surface area contributed by atoms with Crippen molar-refractivity contribution in [2.75, 3.05) is 33.2 Å². The zero-order valence-corrected chi connectivity index (χ0v) is 38.5. The molecule has 6 aromatic heterocycles. The molecule has 7 aromatic rings. The van der Waals surface area contributed by atoms with E-state index in [4.69, 9.17) is 28.8 Å². The van der Waals surface area contributed by atoms with Gasteiger partial charge in [-0.3, -0.25) is 37.7 Å². The number of aliphatic carboxylic acids is 1. The van der Waals surface area contributed by atoms with E-state index in [2.05, 4.69) is 48.3 Å². The standard InChI is InChI=1S/C20H21N5O5S.C11H12N4O4S.C9H10N4O2S/c1-2-28-19(27)14(18-23-20(24-31-18)25-8-7-21-11-25)10-17(26)22-6-5-13-3-4-15-16(9-13)30-12-29-15;1-2-19-10(18)7(5-8(16)17)9-13-11(14-20-9)15-4-3-12-6-15;1-2-15-8(14)5-7-11-9(12-16-7)13-4-3-10-6-13/h3-4,7-9,11,14H,2,5-6,10,12H2,1H3,(H,22,26);3-4,6-7H,2,5H2,1H3,(H,16,17);3-4,6H,2,5H2,1H3. The van der Waals surface area contributed by atoms with Gasteiger partial charge in [-0.1, -0.05) is 6.07 Å². The number of carboxylic acids is 1. The summed E-state index contributed by atoms with van der Waals surface area (Å²) in [5.41, 5.74) is 1.01. The van der Waals surface area contributed by atoms with Crippen LogP contribution in [0.15, 0.2) is 74.4 Å². The first-order valence-electron chi connectivity index (χ1n) is 20.4. The van der Waals surface area contributed by atoms with Gasteiger partial charge < -0.3 is 34.1 Å². The number of imidazole rings is 3. The molecule has 1 aliphatic rings. The van der Waals surface area contributed by atoms with Gasteiger partial charge in [0.1, 0.15) is 45.8 Å². The number of nitrogens with one attached hydrogen (secondary N) is 1. The Kier molecular flexibility index (Phi) is 18.0. The quantitative estimate of drug-likeness (QED) is 0.0865. The number of nitrogens with zero attached hydrogens (tertiary/aromatic N) is 12. The van der Waals surface area contributed by atoms with Crippen molar-refractivity contribution in [3.63, 3.8) is 0 Å². The van der Waals surface area contributed by atoms with E-state index in [9.17, 15) is 24.0 Å². The minimum absolute atomic E-state index is 0.0709. The van der Waals surface area contributed by atoms with Crippen molar-refractivity contribution < 1.29 is 52.8 Å². The van der Waals surface area contributed by atoms with E-state index < -0.39 is 29.7 Å². The molecule has 0 fully saturated rings. The molecule has 24 nitrogen and oxygen atoms in total. The molecule has 2 N–H and O–H groups in total. The lowest BCUT2D eigenvalue weighted by atomic mass is 10.1. The highest BCUT2D eigenvalue weighted by Gasteiger charge is 2.30. The lowest BCUT2D eigenvalue weighted by Crippen LogP contribution is -2.29. The summed E-state index contributed by atoms with van der Waals surface area (Å²) < 4.78 is 42.9. The second-order valence-electron chi connectivity index (χ2n) is 13.4. The molecule has 67 heavy (non-hydrogen) atoms. The molecule has 0 bridgehead atoms. The fraction of sp³-hybridized carbons (Fsp3) is 0.350. The minimum atomic E-state index is -1.09. The van der Waals surface area contributed by atoms with Crippen LogP contribution in [-0.2, 0) is 51.0 Å². The van der Waals surface area contributed by atoms with Crippen molar-refractivity contribution in [1.82, 2.24) is 62.0 Å². The summed E-state index contributed by atoms with van der Waals surface area (Å²) in [5.74, 6) is -1.81. The number of carbonyl (C=O) groups is 5. The van der Waals surface area contributed by atoms with Gasteiger partial charge in [0, 0.05) is 50.1 Å². The van der Waals surface area contributed by atoms with Crippen molar-refractivity contribution in [3.05, 3.63) is 94.9 Å². The second-order valence-corrected chi connectivity index (χ2v) is 15.8. The number of hydrogen-bond acceptors (Lipinski definition) is 22. The number of aromatic nitrogens is 12. The third-order valence-corrected chi connectivity index (χ3v) is 11.1. The van der Waals surface area contributed by atoms with E-state index >= 15 is 0 Å². The van der Waals surface area contributed by atoms with Gasteiger partial charge in [0.15, 0.2) is 11.5 Å². The fourth-order valence-corrected chi connectivity index (χ4v) is 7.85. The predicted molar refractivity (Wildman–Crippen MR) is 236 cm³/mol. The maximum atomic E-state index is 12.5. The number of benzene rings is 1. The molecule has 0 aliphatic carbocycles. The van der Waals surface area contributed by atoms with Gasteiger partial charge in [0.25, 0.3) is 0 Å². The smallest absolute Gasteiger partial charge is 0.316 e. The molecule has 352 valence electrons. The average molecular weight is 978 g/mol. The van der Waals surface area contributed by atoms with Crippen LogP contribution in [0.4, 0.5) is 0 Å². The molecular formula is C40H43N13O11S3. The number of carbonyl (C=O) groups excluding carboxylic acids is 4. The Morgan fingerprint density at radius 2 is 1.22 bits per heavy atom. The second kappa shape index (κ2) is 24.7. The molecule has 1 aromatic carbocycles. The SMILES string of the molecule is CCOC(=O)C(CC(=O)NCCc1ccc2c(c1)OCO2)c1nc(-n2ccnc2)ns1.CCOC(=O)C(CC(=O)O)c1nc(-n2ccnc2)ns1.CCOC(=O)Cc1nc(-n2ccnc2)ns1. The third kappa shape index (κ3) is 14.2. The van der Waals surface area contributed by atoms with E-state index in [1.54, 1.807) is 84.3 Å². The summed E-state index contributed by atoms with van der Waals surface area (Å²) in [6.07, 6.45) is 15.0. The Morgan fingerprint density at radius 3 is 1.75 bits per heavy atom. The number of carboxylic acid groups (broad SMARTS) is 1. The molecule has 0 radical (unpaired) electrons. The van der Waals surface area contributed by atoms with Crippen LogP contribution in [0.1, 0.15) is 66.0 Å². The van der Waals surface area contributed by atoms with Crippen molar-refractivity contribution in [1.29, 1.82) is 0 Å². The number of hydrogen-bond donors (Lipinski definition) is 2. The molecule has 2 atom stereocenters. The van der Waals surface area contributed by atoms with Gasteiger partial charge in [-0.15, -0.1) is 0 Å². The topological polar surface area (TPSA) is 295 Å². The van der Waals surface area contributed by atoms with Crippen LogP contribution in [0.3, 0.4) is 0 Å². The van der Waals surface area contributed by atoms with E-state index in [0.29, 0.717) is 58.2 Å². The first-order chi connectivity index (χ1) is 32.5. The van der Waals surface area contributed by atoms with Gasteiger partial charge in [0.2, 0.25) is 30.5 Å². The zero-order chi connectivity index (χ0) is 47.5. The molecule has 7 heterocycles. The summed E-state index contributed by atoms with van der Waals surface area (Å²) in [6, 6.07) is 5.68. The summed E-state index contributed by atoms with van der Waals surface area (Å²) >= 11 is 3.24. The first kappa shape index (κ1) is 48.9. The van der Waals surface area contributed by atoms with Gasteiger partial charge >= 0.3 is 23.9 Å². The van der Waals surface area contributed by atoms with Crippen LogP contribution < -0.4 is 14.8 Å². The molecule has 8 rings (SSSR count). The lowest BCUT2D eigenvalue weighted by Gasteiger charge is -2.13. The molecule has 2 unspecified atom stereocenters. The summed E-state index contributed by atoms with van der Waals surface area (Å²) in [5, 5.41) is 13.1. The van der Waals surface area contributed by atoms with Crippen LogP contribution in [0.2, 0.25) is 0 Å². The highest BCUT2D eigenvalue weighted by atomic mass is 32.1. The van der Waals surface area contributed by atoms with Crippen LogP contribution in [0.5, 0.6) is 11.5 Å². The maximum absolute atomic E-state index is 12.5. The monoisotopic (exact) mass is 977 g/mol. The molecule has 0 saturated carbocycles. The van der Waals surface area contributed by atoms with Crippen molar-refractivity contribution in [2.45, 2.75) is 58.3 Å². The van der Waals surface area contributed by atoms with Crippen LogP contribution in [-0.4, -0.2) is 125 Å². The van der Waals surface area contributed by atoms with E-state index in [-0.39, 0.29) is 51.1 Å². The van der Waals surface area contributed by atoms with Crippen molar-refractivity contribution in [2.24, 2.45) is 0 Å². The minimum Gasteiger partial charge on any atom is -0.481 e. The Labute approximate surface area is 393 Å². The summed E-state index contributed by atoms with van der Waals surface area (Å²) in [4.78, 5) is 83.4. The molecule has 1 amide bonds. The van der Waals surface area contributed by atoms with Gasteiger partial charge in [-0.05, 0) is 79.5 Å². The number of ether oxygens (including phenoxy) is 5. The highest BCUT2D eigenvalue weighted by Crippen LogP contribution is 2.32. The molecule has 0 saturated heterocycles. The van der Waals surface area contributed by atoms with E-state index in [0.717, 1.165) is 34.4 Å². The average Bonchev–Trinajstić information content (AvgIpc) is 4.17. The number of esters is 3. The third-order valence-electron chi connectivity index (χ3n) is 8.81. The predicted octanol–water partition coefficient (Wildman–Crippen LogP) is 3.52. The van der Waals surface area contributed by atoms with E-state index in [1.807, 2.05) is 18.2 Å². The zero-order valence-electron chi connectivity index (χ0n) is 36.1. The Hall–Kier alpha value is -7.52. The summed E-state index contributed by atoms with van der Waals surface area (Å²) in [7, 11) is 0. The summed E-state index contributed by atoms with van der Waals surface area (Å²) in [6.45, 7) is 6.57. The molecule has 27 heteroatoms. The Bertz CT molecular complexity index is 2670. The lowest BCUT2D eigenvalue weighted by molar-refractivity contribution is -0.149. The Morgan fingerprint density at radius 1 is 0.701 bits per heavy atom. The van der Waals surface area contributed by atoms with Gasteiger partial charge in [-0.25, -0.2) is 29.9 Å². The van der Waals surface area contributed by atoms with Gasteiger partial charge in [0.05, 0.1) is 32.7 Å². The van der Waals surface area contributed by atoms with Crippen molar-refractivity contribution in [3.8, 4) is 29.3 Å². The molecule has 1 aliphatic heterocycles. The van der Waals surface area contributed by atoms with E-state index in [1.165, 1.54) is 17.9 Å². The Balaban J connectivity index is 0.000000177. The number of fused-ring (bicyclic) bond motifs is 1. The molecule has 0 spiro atoms. The largest absolute Gasteiger partial charge is 0.481 e. The van der Waals surface area contributed by atoms with Gasteiger partial charge in [-0.2, -0.15) is 13.1 Å². The van der Waals surface area contributed by atoms with Crippen LogP contribution in [0, 0.1) is 0 Å². The number of amides is 1. The normalized spacial score (nSPS) is 12.1. The maximum Gasteiger partial charge on any atom is 0.316 e. The van der Waals surface area contributed by atoms with Crippen LogP contribution in [0.25, 0.3) is 17.8 Å². The first-order valence-corrected chi connectivity index (χ1v) is 22.7. The fourth-order valence-electron chi connectivity index (χ4n) is 5.74. The van der Waals surface area contributed by atoms with Crippen LogP contribution >= 0.6 is 34.6 Å². The van der Waals surface area contributed by atoms with Crippen molar-refractivity contribution >= 4 is 64.4 Å². The highest BCUT2D eigenvalue weighted by molar-refractivity contribution is 7.06. The number of rotatable bonds is 19. The molecular weight excluding hydrogens is 935 g/mol.